The first-order valence-corrected chi connectivity index (χ1v) is 5.96. The van der Waals surface area contributed by atoms with Gasteiger partial charge in [-0.2, -0.15) is 0 Å². The second-order valence-electron chi connectivity index (χ2n) is 4.86. The Morgan fingerprint density at radius 3 is 2.65 bits per heavy atom. The summed E-state index contributed by atoms with van der Waals surface area (Å²) in [7, 11) is 0. The van der Waals surface area contributed by atoms with E-state index in [1.54, 1.807) is 18.6 Å². The molecule has 1 aliphatic heterocycles. The first kappa shape index (κ1) is 12.4. The lowest BCUT2D eigenvalue weighted by atomic mass is 9.90. The van der Waals surface area contributed by atoms with Crippen molar-refractivity contribution in [3.8, 4) is 0 Å². The van der Waals surface area contributed by atoms with E-state index in [4.69, 9.17) is 10.5 Å². The van der Waals surface area contributed by atoms with E-state index in [1.807, 2.05) is 0 Å². The maximum Gasteiger partial charge on any atom is 0.0772 e. The summed E-state index contributed by atoms with van der Waals surface area (Å²) in [4.78, 5) is 10.7. The first-order chi connectivity index (χ1) is 8.12. The van der Waals surface area contributed by atoms with Gasteiger partial charge < -0.3 is 10.5 Å². The Balaban J connectivity index is 2.13. The van der Waals surface area contributed by atoms with Gasteiger partial charge in [0.2, 0.25) is 0 Å². The van der Waals surface area contributed by atoms with Crippen LogP contribution in [0.5, 0.6) is 0 Å². The van der Waals surface area contributed by atoms with Crippen molar-refractivity contribution >= 4 is 0 Å². The number of rotatable bonds is 3. The van der Waals surface area contributed by atoms with Gasteiger partial charge in [0.15, 0.2) is 0 Å². The number of aromatic nitrogens is 2. The highest BCUT2D eigenvalue weighted by Gasteiger charge is 2.35. The van der Waals surface area contributed by atoms with Gasteiger partial charge in [-0.25, -0.2) is 0 Å². The summed E-state index contributed by atoms with van der Waals surface area (Å²) in [5.74, 6) is 0. The van der Waals surface area contributed by atoms with E-state index in [0.29, 0.717) is 0 Å². The van der Waals surface area contributed by atoms with Crippen LogP contribution in [0.3, 0.4) is 0 Å². The maximum atomic E-state index is 6.32. The fraction of sp³-hybridized carbons (Fsp3) is 0.667. The van der Waals surface area contributed by atoms with Crippen LogP contribution >= 0.6 is 0 Å². The van der Waals surface area contributed by atoms with Crippen molar-refractivity contribution in [2.75, 3.05) is 26.3 Å². The van der Waals surface area contributed by atoms with Crippen molar-refractivity contribution in [3.05, 3.63) is 24.3 Å². The summed E-state index contributed by atoms with van der Waals surface area (Å²) < 4.78 is 5.37. The second-order valence-corrected chi connectivity index (χ2v) is 4.86. The molecule has 0 bridgehead atoms. The monoisotopic (exact) mass is 236 g/mol. The van der Waals surface area contributed by atoms with E-state index in [-0.39, 0.29) is 11.6 Å². The molecule has 1 saturated heterocycles. The number of morpholine rings is 1. The Morgan fingerprint density at radius 1 is 1.35 bits per heavy atom. The van der Waals surface area contributed by atoms with Gasteiger partial charge in [-0.05, 0) is 13.8 Å². The molecule has 1 atom stereocenters. The molecule has 2 N–H and O–H groups in total. The predicted octanol–water partition coefficient (Wildman–Crippen LogP) is 0.587. The fourth-order valence-electron chi connectivity index (χ4n) is 2.17. The molecule has 94 valence electrons. The molecule has 2 heterocycles. The van der Waals surface area contributed by atoms with Gasteiger partial charge in [0.25, 0.3) is 0 Å². The minimum atomic E-state index is -0.144. The van der Waals surface area contributed by atoms with Crippen LogP contribution in [0, 0.1) is 0 Å². The molecule has 17 heavy (non-hydrogen) atoms. The van der Waals surface area contributed by atoms with E-state index in [9.17, 15) is 0 Å². The van der Waals surface area contributed by atoms with E-state index in [0.717, 1.165) is 32.0 Å². The molecular formula is C12H20N4O. The molecule has 1 fully saturated rings. The van der Waals surface area contributed by atoms with Crippen LogP contribution in [0.25, 0.3) is 0 Å². The quantitative estimate of drug-likeness (QED) is 0.832. The van der Waals surface area contributed by atoms with Crippen molar-refractivity contribution < 1.29 is 4.74 Å². The van der Waals surface area contributed by atoms with Crippen LogP contribution < -0.4 is 5.73 Å². The third-order valence-corrected chi connectivity index (χ3v) is 3.49. The molecule has 1 aromatic rings. The molecule has 0 radical (unpaired) electrons. The summed E-state index contributed by atoms with van der Waals surface area (Å²) in [5, 5.41) is 0. The number of ether oxygens (including phenoxy) is 1. The molecule has 0 aliphatic carbocycles. The summed E-state index contributed by atoms with van der Waals surface area (Å²) in [6.07, 6.45) is 5.09. The third-order valence-electron chi connectivity index (χ3n) is 3.49. The van der Waals surface area contributed by atoms with Crippen molar-refractivity contribution in [1.29, 1.82) is 0 Å². The minimum Gasteiger partial charge on any atom is -0.379 e. The topological polar surface area (TPSA) is 64.3 Å². The molecular weight excluding hydrogens is 216 g/mol. The average molecular weight is 236 g/mol. The summed E-state index contributed by atoms with van der Waals surface area (Å²) >= 11 is 0. The summed E-state index contributed by atoms with van der Waals surface area (Å²) in [6.45, 7) is 7.69. The van der Waals surface area contributed by atoms with Gasteiger partial charge in [0.05, 0.1) is 31.1 Å². The molecule has 0 saturated carbocycles. The number of nitrogens with zero attached hydrogens (tertiary/aromatic N) is 3. The van der Waals surface area contributed by atoms with Crippen LogP contribution in [-0.4, -0.2) is 46.7 Å². The molecule has 0 amide bonds. The average Bonchev–Trinajstić information content (AvgIpc) is 2.40. The molecule has 0 aromatic carbocycles. The Labute approximate surface area is 102 Å². The molecule has 1 aliphatic rings. The van der Waals surface area contributed by atoms with Gasteiger partial charge in [-0.15, -0.1) is 0 Å². The Kier molecular flexibility index (Phi) is 3.71. The Bertz CT molecular complexity index is 349. The molecule has 0 spiro atoms. The molecule has 5 heteroatoms. The molecule has 1 unspecified atom stereocenters. The highest BCUT2D eigenvalue weighted by molar-refractivity contribution is 5.09. The highest BCUT2D eigenvalue weighted by Crippen LogP contribution is 2.28. The zero-order chi connectivity index (χ0) is 12.3. The van der Waals surface area contributed by atoms with E-state index < -0.39 is 0 Å². The lowest BCUT2D eigenvalue weighted by molar-refractivity contribution is -0.0195. The number of hydrogen-bond donors (Lipinski definition) is 1. The summed E-state index contributed by atoms with van der Waals surface area (Å²) in [5.41, 5.74) is 7.02. The first-order valence-electron chi connectivity index (χ1n) is 5.96. The van der Waals surface area contributed by atoms with Crippen LogP contribution in [-0.2, 0) is 4.74 Å². The van der Waals surface area contributed by atoms with Gasteiger partial charge in [0, 0.05) is 31.0 Å². The van der Waals surface area contributed by atoms with E-state index in [2.05, 4.69) is 28.7 Å². The normalized spacial score (nSPS) is 20.2. The highest BCUT2D eigenvalue weighted by atomic mass is 16.5. The van der Waals surface area contributed by atoms with Crippen LogP contribution in [0.2, 0.25) is 0 Å². The van der Waals surface area contributed by atoms with E-state index in [1.165, 1.54) is 0 Å². The number of hydrogen-bond acceptors (Lipinski definition) is 5. The number of nitrogens with two attached hydrogens (primary N) is 1. The predicted molar refractivity (Wildman–Crippen MR) is 65.4 cm³/mol. The lowest BCUT2D eigenvalue weighted by Gasteiger charge is -2.44. The van der Waals surface area contributed by atoms with Crippen molar-refractivity contribution in [1.82, 2.24) is 14.9 Å². The smallest absolute Gasteiger partial charge is 0.0772 e. The van der Waals surface area contributed by atoms with Gasteiger partial charge in [0.1, 0.15) is 0 Å². The summed E-state index contributed by atoms with van der Waals surface area (Å²) in [6, 6.07) is -0.144. The molecule has 5 nitrogen and oxygen atoms in total. The van der Waals surface area contributed by atoms with Gasteiger partial charge in [-0.3, -0.25) is 14.9 Å². The second kappa shape index (κ2) is 5.08. The fourth-order valence-corrected chi connectivity index (χ4v) is 2.17. The van der Waals surface area contributed by atoms with Crippen LogP contribution in [0.15, 0.2) is 18.6 Å². The largest absolute Gasteiger partial charge is 0.379 e. The zero-order valence-electron chi connectivity index (χ0n) is 10.5. The van der Waals surface area contributed by atoms with Crippen molar-refractivity contribution in [2.45, 2.75) is 25.4 Å². The SMILES string of the molecule is CC(C)(C(N)c1cnccn1)N1CCOCC1. The minimum absolute atomic E-state index is 0.139. The van der Waals surface area contributed by atoms with Crippen molar-refractivity contribution in [2.24, 2.45) is 5.73 Å². The van der Waals surface area contributed by atoms with Crippen molar-refractivity contribution in [3.63, 3.8) is 0 Å². The lowest BCUT2D eigenvalue weighted by Crippen LogP contribution is -2.55. The third kappa shape index (κ3) is 2.62. The van der Waals surface area contributed by atoms with Crippen LogP contribution in [0.4, 0.5) is 0 Å². The van der Waals surface area contributed by atoms with Crippen LogP contribution in [0.1, 0.15) is 25.6 Å². The molecule has 2 rings (SSSR count). The molecule has 1 aromatic heterocycles. The van der Waals surface area contributed by atoms with E-state index >= 15 is 0 Å². The van der Waals surface area contributed by atoms with Gasteiger partial charge >= 0.3 is 0 Å². The Morgan fingerprint density at radius 2 is 2.06 bits per heavy atom. The standard InChI is InChI=1S/C12H20N4O/c1-12(2,16-5-7-17-8-6-16)11(13)10-9-14-3-4-15-10/h3-4,9,11H,5-8,13H2,1-2H3. The Hall–Kier alpha value is -1.04. The zero-order valence-corrected chi connectivity index (χ0v) is 10.5. The van der Waals surface area contributed by atoms with Gasteiger partial charge in [-0.1, -0.05) is 0 Å². The maximum absolute atomic E-state index is 6.32.